The van der Waals surface area contributed by atoms with Gasteiger partial charge in [0.15, 0.2) is 5.78 Å². The Kier molecular flexibility index (Phi) is 4.89. The number of Topliss-reactive ketones (excluding diaryl/α,β-unsaturated/α-hetero) is 1. The summed E-state index contributed by atoms with van der Waals surface area (Å²) in [6, 6.07) is 1.78. The molecule has 106 valence electrons. The molecule has 0 aliphatic carbocycles. The van der Waals surface area contributed by atoms with Crippen molar-refractivity contribution in [3.05, 3.63) is 29.3 Å². The van der Waals surface area contributed by atoms with Crippen molar-refractivity contribution in [3.63, 3.8) is 0 Å². The molecule has 0 bridgehead atoms. The SMILES string of the molecule is CC(Br)C(=O)c1cc(C(F)(F)F)ccc1OC(F)F. The molecule has 1 rings (SSSR count). The molecule has 0 amide bonds. The number of ether oxygens (including phenoxy) is 1. The molecule has 0 N–H and O–H groups in total. The largest absolute Gasteiger partial charge is 0.434 e. The van der Waals surface area contributed by atoms with Crippen LogP contribution in [0.15, 0.2) is 18.2 Å². The van der Waals surface area contributed by atoms with Gasteiger partial charge in [-0.25, -0.2) is 0 Å². The van der Waals surface area contributed by atoms with Gasteiger partial charge in [-0.1, -0.05) is 15.9 Å². The van der Waals surface area contributed by atoms with Crippen LogP contribution in [-0.4, -0.2) is 17.2 Å². The first-order chi connectivity index (χ1) is 8.62. The van der Waals surface area contributed by atoms with Gasteiger partial charge in [0.1, 0.15) is 5.75 Å². The number of ketones is 1. The van der Waals surface area contributed by atoms with Gasteiger partial charge in [0.25, 0.3) is 0 Å². The summed E-state index contributed by atoms with van der Waals surface area (Å²) >= 11 is 2.88. The summed E-state index contributed by atoms with van der Waals surface area (Å²) in [5, 5.41) is 0. The summed E-state index contributed by atoms with van der Waals surface area (Å²) in [6.45, 7) is -1.86. The van der Waals surface area contributed by atoms with Gasteiger partial charge in [0.2, 0.25) is 0 Å². The van der Waals surface area contributed by atoms with Crippen LogP contribution in [0.25, 0.3) is 0 Å². The van der Waals surface area contributed by atoms with Crippen LogP contribution in [-0.2, 0) is 6.18 Å². The van der Waals surface area contributed by atoms with E-state index in [0.29, 0.717) is 18.2 Å². The molecule has 1 atom stereocenters. The summed E-state index contributed by atoms with van der Waals surface area (Å²) in [6.07, 6.45) is -4.67. The summed E-state index contributed by atoms with van der Waals surface area (Å²) in [5.74, 6) is -1.36. The van der Waals surface area contributed by atoms with E-state index in [9.17, 15) is 26.7 Å². The molecule has 0 heterocycles. The average molecular weight is 347 g/mol. The van der Waals surface area contributed by atoms with Gasteiger partial charge < -0.3 is 4.74 Å². The molecule has 1 unspecified atom stereocenters. The lowest BCUT2D eigenvalue weighted by Crippen LogP contribution is -2.16. The molecule has 0 radical (unpaired) electrons. The highest BCUT2D eigenvalue weighted by Gasteiger charge is 2.32. The van der Waals surface area contributed by atoms with Crippen molar-refractivity contribution in [2.45, 2.75) is 24.5 Å². The van der Waals surface area contributed by atoms with Crippen LogP contribution in [0.2, 0.25) is 0 Å². The van der Waals surface area contributed by atoms with Crippen molar-refractivity contribution in [1.29, 1.82) is 0 Å². The molecule has 0 saturated carbocycles. The minimum absolute atomic E-state index is 0.498. The van der Waals surface area contributed by atoms with Crippen LogP contribution in [0, 0.1) is 0 Å². The molecular formula is C11H8BrF5O2. The fourth-order valence-corrected chi connectivity index (χ4v) is 1.56. The molecule has 19 heavy (non-hydrogen) atoms. The molecular weight excluding hydrogens is 339 g/mol. The van der Waals surface area contributed by atoms with Gasteiger partial charge in [-0.15, -0.1) is 0 Å². The highest BCUT2D eigenvalue weighted by Crippen LogP contribution is 2.34. The van der Waals surface area contributed by atoms with Gasteiger partial charge in [-0.2, -0.15) is 22.0 Å². The second-order valence-electron chi connectivity index (χ2n) is 3.57. The number of carbonyl (C=O) groups is 1. The van der Waals surface area contributed by atoms with Gasteiger partial charge >= 0.3 is 12.8 Å². The van der Waals surface area contributed by atoms with E-state index in [1.165, 1.54) is 6.92 Å². The van der Waals surface area contributed by atoms with Crippen LogP contribution in [0.3, 0.4) is 0 Å². The maximum absolute atomic E-state index is 12.5. The van der Waals surface area contributed by atoms with Crippen LogP contribution in [0.5, 0.6) is 5.75 Å². The summed E-state index contributed by atoms with van der Waals surface area (Å²) in [7, 11) is 0. The Bertz CT molecular complexity index is 471. The minimum Gasteiger partial charge on any atom is -0.434 e. The lowest BCUT2D eigenvalue weighted by Gasteiger charge is -2.14. The fourth-order valence-electron chi connectivity index (χ4n) is 1.31. The van der Waals surface area contributed by atoms with E-state index < -0.39 is 40.3 Å². The summed E-state index contributed by atoms with van der Waals surface area (Å²) in [4.78, 5) is 10.9. The maximum Gasteiger partial charge on any atom is 0.416 e. The first-order valence-corrected chi connectivity index (χ1v) is 5.89. The standard InChI is InChI=1S/C11H8BrF5O2/c1-5(12)9(18)7-4-6(11(15,16)17)2-3-8(7)19-10(13)14/h2-5,10H,1H3. The number of rotatable bonds is 4. The van der Waals surface area contributed by atoms with Crippen molar-refractivity contribution in [3.8, 4) is 5.75 Å². The van der Waals surface area contributed by atoms with E-state index in [4.69, 9.17) is 0 Å². The van der Waals surface area contributed by atoms with Crippen LogP contribution in [0.1, 0.15) is 22.8 Å². The van der Waals surface area contributed by atoms with E-state index >= 15 is 0 Å². The van der Waals surface area contributed by atoms with Gasteiger partial charge in [-0.3, -0.25) is 4.79 Å². The Labute approximate surface area is 113 Å². The van der Waals surface area contributed by atoms with E-state index in [1.54, 1.807) is 0 Å². The average Bonchev–Trinajstić information content (AvgIpc) is 2.26. The molecule has 2 nitrogen and oxygen atoms in total. The van der Waals surface area contributed by atoms with E-state index in [2.05, 4.69) is 20.7 Å². The Hall–Kier alpha value is -1.18. The second-order valence-corrected chi connectivity index (χ2v) is 4.94. The molecule has 1 aromatic carbocycles. The first-order valence-electron chi connectivity index (χ1n) is 4.97. The smallest absolute Gasteiger partial charge is 0.416 e. The third-order valence-corrected chi connectivity index (χ3v) is 2.57. The van der Waals surface area contributed by atoms with Crippen LogP contribution < -0.4 is 4.74 Å². The van der Waals surface area contributed by atoms with Crippen molar-refractivity contribution in [1.82, 2.24) is 0 Å². The zero-order valence-electron chi connectivity index (χ0n) is 9.47. The van der Waals surface area contributed by atoms with Gasteiger partial charge in [0, 0.05) is 0 Å². The molecule has 1 aromatic rings. The monoisotopic (exact) mass is 346 g/mol. The third-order valence-electron chi connectivity index (χ3n) is 2.15. The number of hydrogen-bond donors (Lipinski definition) is 0. The number of alkyl halides is 6. The van der Waals surface area contributed by atoms with Crippen molar-refractivity contribution < 1.29 is 31.5 Å². The van der Waals surface area contributed by atoms with Crippen LogP contribution >= 0.6 is 15.9 Å². The molecule has 0 aromatic heterocycles. The van der Waals surface area contributed by atoms with E-state index in [1.807, 2.05) is 0 Å². The second kappa shape index (κ2) is 5.85. The number of benzene rings is 1. The topological polar surface area (TPSA) is 26.3 Å². The Morgan fingerprint density at radius 3 is 2.32 bits per heavy atom. The maximum atomic E-state index is 12.5. The molecule has 0 fully saturated rings. The number of carbonyl (C=O) groups excluding carboxylic acids is 1. The summed E-state index contributed by atoms with van der Waals surface area (Å²) in [5.41, 5.74) is -1.65. The third kappa shape index (κ3) is 4.15. The molecule has 0 spiro atoms. The molecule has 0 aliphatic heterocycles. The highest BCUT2D eigenvalue weighted by molar-refractivity contribution is 9.10. The van der Waals surface area contributed by atoms with Crippen LogP contribution in [0.4, 0.5) is 22.0 Å². The zero-order valence-corrected chi connectivity index (χ0v) is 11.1. The van der Waals surface area contributed by atoms with Crippen molar-refractivity contribution in [2.75, 3.05) is 0 Å². The normalized spacial score (nSPS) is 13.5. The predicted molar refractivity (Wildman–Crippen MR) is 60.8 cm³/mol. The number of hydrogen-bond acceptors (Lipinski definition) is 2. The van der Waals surface area contributed by atoms with E-state index in [0.717, 1.165) is 0 Å². The lowest BCUT2D eigenvalue weighted by molar-refractivity contribution is -0.137. The number of halogens is 6. The molecule has 0 aliphatic rings. The minimum atomic E-state index is -4.67. The van der Waals surface area contributed by atoms with E-state index in [-0.39, 0.29) is 0 Å². The Morgan fingerprint density at radius 2 is 1.89 bits per heavy atom. The lowest BCUT2D eigenvalue weighted by atomic mass is 10.0. The zero-order chi connectivity index (χ0) is 14.8. The predicted octanol–water partition coefficient (Wildman–Crippen LogP) is 4.27. The highest BCUT2D eigenvalue weighted by atomic mass is 79.9. The Morgan fingerprint density at radius 1 is 1.32 bits per heavy atom. The van der Waals surface area contributed by atoms with Gasteiger partial charge in [0.05, 0.1) is 16.0 Å². The van der Waals surface area contributed by atoms with Gasteiger partial charge in [-0.05, 0) is 25.1 Å². The van der Waals surface area contributed by atoms with Crippen molar-refractivity contribution >= 4 is 21.7 Å². The quantitative estimate of drug-likeness (QED) is 0.462. The molecule has 0 saturated heterocycles. The van der Waals surface area contributed by atoms with Crippen molar-refractivity contribution in [2.24, 2.45) is 0 Å². The fraction of sp³-hybridized carbons (Fsp3) is 0.364. The summed E-state index contributed by atoms with van der Waals surface area (Å²) < 4.78 is 65.8. The molecule has 8 heteroatoms. The Balaban J connectivity index is 3.30. The first kappa shape index (κ1) is 15.9.